The van der Waals surface area contributed by atoms with Crippen molar-refractivity contribution in [2.24, 2.45) is 5.92 Å². The summed E-state index contributed by atoms with van der Waals surface area (Å²) in [6.45, 7) is -0.744. The molecule has 2 aliphatic rings. The van der Waals surface area contributed by atoms with Gasteiger partial charge in [-0.3, -0.25) is 19.4 Å². The van der Waals surface area contributed by atoms with Crippen LogP contribution in [0.4, 0.5) is 13.2 Å². The SMILES string of the molecule is O=C(N[C@H]1c2ccccc2OC[C@H]1O)[C@@H](Cc1nnc(-c2ccccc2)o1)C[C@H](O)CN1CCN(Cc2ccc(-c3ccc(Cl)cc3)o2)C[C@H]1C(=O)NCC(F)(F)F. The van der Waals surface area contributed by atoms with Gasteiger partial charge in [-0.2, -0.15) is 13.2 Å². The number of aromatic nitrogens is 2. The van der Waals surface area contributed by atoms with E-state index < -0.39 is 54.7 Å². The van der Waals surface area contributed by atoms with E-state index in [-0.39, 0.29) is 57.4 Å². The predicted octanol–water partition coefficient (Wildman–Crippen LogP) is 5.04. The number of nitrogens with zero attached hydrogens (tertiary/aromatic N) is 4. The molecule has 306 valence electrons. The third-order valence-corrected chi connectivity index (χ3v) is 10.4. The van der Waals surface area contributed by atoms with E-state index in [0.717, 1.165) is 5.56 Å². The summed E-state index contributed by atoms with van der Waals surface area (Å²) in [5.41, 5.74) is 2.07. The second-order valence-corrected chi connectivity index (χ2v) is 14.8. The van der Waals surface area contributed by atoms with E-state index in [1.54, 1.807) is 59.5 Å². The molecule has 0 spiro atoms. The van der Waals surface area contributed by atoms with Crippen LogP contribution in [0.25, 0.3) is 22.8 Å². The molecule has 2 aromatic heterocycles. The molecule has 0 unspecified atom stereocenters. The normalized spacial score (nSPS) is 19.8. The van der Waals surface area contributed by atoms with E-state index in [4.69, 9.17) is 25.2 Å². The van der Waals surface area contributed by atoms with E-state index >= 15 is 0 Å². The topological polar surface area (TPSA) is 166 Å². The Bertz CT molecular complexity index is 2150. The van der Waals surface area contributed by atoms with Gasteiger partial charge >= 0.3 is 6.18 Å². The third-order valence-electron chi connectivity index (χ3n) is 10.1. The van der Waals surface area contributed by atoms with Crippen LogP contribution in [-0.2, 0) is 22.6 Å². The molecule has 1 saturated heterocycles. The van der Waals surface area contributed by atoms with Crippen molar-refractivity contribution in [3.05, 3.63) is 113 Å². The van der Waals surface area contributed by atoms with E-state index in [2.05, 4.69) is 15.5 Å². The molecule has 17 heteroatoms. The first-order valence-corrected chi connectivity index (χ1v) is 19.2. The molecule has 58 heavy (non-hydrogen) atoms. The van der Waals surface area contributed by atoms with Gasteiger partial charge in [-0.25, -0.2) is 0 Å². The van der Waals surface area contributed by atoms with Gasteiger partial charge in [0.2, 0.25) is 23.6 Å². The zero-order valence-electron chi connectivity index (χ0n) is 31.1. The molecule has 7 rings (SSSR count). The summed E-state index contributed by atoms with van der Waals surface area (Å²) in [5.74, 6) is -0.235. The molecule has 13 nitrogen and oxygen atoms in total. The van der Waals surface area contributed by atoms with Gasteiger partial charge in [0.1, 0.15) is 42.6 Å². The largest absolute Gasteiger partial charge is 0.490 e. The molecule has 5 atom stereocenters. The van der Waals surface area contributed by atoms with E-state index in [0.29, 0.717) is 40.0 Å². The number of ether oxygens (including phenoxy) is 1. The Morgan fingerprint density at radius 2 is 1.69 bits per heavy atom. The number of aliphatic hydroxyl groups is 2. The highest BCUT2D eigenvalue weighted by molar-refractivity contribution is 6.30. The van der Waals surface area contributed by atoms with Gasteiger partial charge < -0.3 is 34.4 Å². The van der Waals surface area contributed by atoms with Crippen molar-refractivity contribution in [1.29, 1.82) is 0 Å². The van der Waals surface area contributed by atoms with E-state index in [1.165, 1.54) is 0 Å². The zero-order valence-corrected chi connectivity index (χ0v) is 31.9. The van der Waals surface area contributed by atoms with Crippen LogP contribution >= 0.6 is 11.6 Å². The van der Waals surface area contributed by atoms with Crippen LogP contribution in [0.2, 0.25) is 5.02 Å². The first-order valence-electron chi connectivity index (χ1n) is 18.8. The Labute approximate surface area is 336 Å². The number of fused-ring (bicyclic) bond motifs is 1. The fraction of sp³-hybridized carbons (Fsp3) is 0.366. The number of halogens is 4. The number of β-amino-alcohol motifs (C(OH)–C–C–N with tert-alkyl or cyclic N) is 1. The van der Waals surface area contributed by atoms with Gasteiger partial charge in [-0.15, -0.1) is 10.2 Å². The van der Waals surface area contributed by atoms with Crippen molar-refractivity contribution in [2.45, 2.75) is 49.9 Å². The highest BCUT2D eigenvalue weighted by atomic mass is 35.5. The smallest absolute Gasteiger partial charge is 0.405 e. The van der Waals surface area contributed by atoms with Gasteiger partial charge in [-0.1, -0.05) is 48.0 Å². The van der Waals surface area contributed by atoms with Gasteiger partial charge in [0, 0.05) is 60.2 Å². The van der Waals surface area contributed by atoms with Crippen molar-refractivity contribution in [3.63, 3.8) is 0 Å². The third kappa shape index (κ3) is 10.4. The van der Waals surface area contributed by atoms with Crippen LogP contribution in [0.1, 0.15) is 29.7 Å². The molecule has 2 aliphatic heterocycles. The van der Waals surface area contributed by atoms with Crippen LogP contribution in [-0.4, -0.2) is 106 Å². The van der Waals surface area contributed by atoms with Crippen LogP contribution in [0.3, 0.4) is 0 Å². The lowest BCUT2D eigenvalue weighted by Crippen LogP contribution is -2.60. The van der Waals surface area contributed by atoms with Crippen LogP contribution < -0.4 is 15.4 Å². The lowest BCUT2D eigenvalue weighted by atomic mass is 9.93. The molecule has 1 fully saturated rings. The molecule has 0 aliphatic carbocycles. The maximum absolute atomic E-state index is 14.1. The Balaban J connectivity index is 1.06. The van der Waals surface area contributed by atoms with Crippen molar-refractivity contribution < 1.29 is 46.5 Å². The predicted molar refractivity (Wildman–Crippen MR) is 205 cm³/mol. The van der Waals surface area contributed by atoms with Gasteiger partial charge in [-0.05, 0) is 61.0 Å². The highest BCUT2D eigenvalue weighted by Crippen LogP contribution is 2.33. The van der Waals surface area contributed by atoms with E-state index in [1.807, 2.05) is 46.6 Å². The number of rotatable bonds is 14. The monoisotopic (exact) mass is 822 g/mol. The number of nitrogens with one attached hydrogen (secondary N) is 2. The molecule has 3 aromatic carbocycles. The number of aliphatic hydroxyl groups excluding tert-OH is 2. The number of hydrogen-bond donors (Lipinski definition) is 4. The highest BCUT2D eigenvalue weighted by Gasteiger charge is 2.38. The number of hydrogen-bond acceptors (Lipinski definition) is 11. The summed E-state index contributed by atoms with van der Waals surface area (Å²) in [6, 6.07) is 24.9. The number of carbonyl (C=O) groups is 2. The van der Waals surface area contributed by atoms with E-state index in [9.17, 15) is 33.0 Å². The number of benzene rings is 3. The van der Waals surface area contributed by atoms with Crippen molar-refractivity contribution in [3.8, 4) is 28.5 Å². The molecule has 4 N–H and O–H groups in total. The minimum Gasteiger partial charge on any atom is -0.490 e. The zero-order chi connectivity index (χ0) is 40.8. The minimum absolute atomic E-state index is 0.0442. The lowest BCUT2D eigenvalue weighted by Gasteiger charge is -2.41. The summed E-state index contributed by atoms with van der Waals surface area (Å²) in [6.07, 6.45) is -7.14. The van der Waals surface area contributed by atoms with Crippen LogP contribution in [0.15, 0.2) is 99.8 Å². The van der Waals surface area contributed by atoms with Crippen molar-refractivity contribution >= 4 is 23.4 Å². The summed E-state index contributed by atoms with van der Waals surface area (Å²) in [4.78, 5) is 31.0. The standard InChI is InChI=1S/C41H42ClF3N6O7/c42-28-12-10-25(11-13-28)34-15-14-30(57-34)21-50-16-17-51(32(22-50)39(55)46-24-41(43,44)45)20-29(52)18-27(19-36-48-49-40(58-36)26-6-2-1-3-7-26)38(54)47-37-31-8-4-5-9-35(31)56-23-33(37)53/h1-15,27,29,32-33,37,52-53H,16-24H2,(H,46,55)(H,47,54)/t27-,29+,32+,33-,37+/m1/s1. The number of piperazine rings is 1. The molecule has 0 bridgehead atoms. The van der Waals surface area contributed by atoms with Gasteiger partial charge in [0.05, 0.1) is 18.7 Å². The Kier molecular flexibility index (Phi) is 12.8. The van der Waals surface area contributed by atoms with Crippen LogP contribution in [0.5, 0.6) is 5.75 Å². The van der Waals surface area contributed by atoms with Crippen LogP contribution in [0, 0.1) is 5.92 Å². The number of amides is 2. The molecule has 4 heterocycles. The molecule has 0 radical (unpaired) electrons. The first-order chi connectivity index (χ1) is 27.9. The molecular weight excluding hydrogens is 781 g/mol. The average Bonchev–Trinajstić information content (AvgIpc) is 3.89. The molecule has 0 saturated carbocycles. The second-order valence-electron chi connectivity index (χ2n) is 14.4. The average molecular weight is 823 g/mol. The van der Waals surface area contributed by atoms with Crippen molar-refractivity contribution in [1.82, 2.24) is 30.6 Å². The van der Waals surface area contributed by atoms with Gasteiger partial charge in [0.15, 0.2) is 0 Å². The number of para-hydroxylation sites is 1. The van der Waals surface area contributed by atoms with Crippen molar-refractivity contribution in [2.75, 3.05) is 39.3 Å². The minimum atomic E-state index is -4.63. The lowest BCUT2D eigenvalue weighted by molar-refractivity contribution is -0.143. The summed E-state index contributed by atoms with van der Waals surface area (Å²) >= 11 is 6.02. The quantitative estimate of drug-likeness (QED) is 0.119. The first kappa shape index (κ1) is 40.9. The van der Waals surface area contributed by atoms with Gasteiger partial charge in [0.25, 0.3) is 0 Å². The number of carbonyl (C=O) groups excluding carboxylic acids is 2. The molecule has 2 amide bonds. The molecular formula is C41H42ClF3N6O7. The fourth-order valence-electron chi connectivity index (χ4n) is 7.24. The second kappa shape index (κ2) is 18.1. The maximum atomic E-state index is 14.1. The Morgan fingerprint density at radius 3 is 2.47 bits per heavy atom. The summed E-state index contributed by atoms with van der Waals surface area (Å²) in [5, 5.41) is 36.2. The fourth-order valence-corrected chi connectivity index (χ4v) is 7.37. The molecule has 5 aromatic rings. The maximum Gasteiger partial charge on any atom is 0.405 e. The summed E-state index contributed by atoms with van der Waals surface area (Å²) < 4.78 is 57.2. The number of furan rings is 1. The Hall–Kier alpha value is -5.26. The number of alkyl halides is 3. The Morgan fingerprint density at radius 1 is 0.931 bits per heavy atom. The summed E-state index contributed by atoms with van der Waals surface area (Å²) in [7, 11) is 0.